The molecule has 0 aliphatic rings. The lowest BCUT2D eigenvalue weighted by molar-refractivity contribution is 0.736. The van der Waals surface area contributed by atoms with Gasteiger partial charge >= 0.3 is 0 Å². The van der Waals surface area contributed by atoms with E-state index >= 15 is 0 Å². The molecule has 130 valence electrons. The molecule has 0 unspecified atom stereocenters. The standard InChI is InChI=1S/C19H24N6/c1-6-14(9-20)16(8-13(3)15-11-22-24(4)12-15)19-17(10-21)18(7-2)23-25(19)5/h6,8-9,11-13,20H,7H2,1-5H3/b14-6+,16-8-,20-9?/t13-/m1/s1. The maximum absolute atomic E-state index is 9.65. The molecule has 6 heteroatoms. The van der Waals surface area contributed by atoms with Gasteiger partial charge in [-0.05, 0) is 24.5 Å². The Morgan fingerprint density at radius 3 is 2.64 bits per heavy atom. The van der Waals surface area contributed by atoms with Crippen LogP contribution in [0.1, 0.15) is 49.2 Å². The van der Waals surface area contributed by atoms with Crippen LogP contribution in [0.25, 0.3) is 5.57 Å². The summed E-state index contributed by atoms with van der Waals surface area (Å²) in [5.74, 6) is 0.0881. The van der Waals surface area contributed by atoms with E-state index in [-0.39, 0.29) is 5.92 Å². The molecule has 0 saturated heterocycles. The Kier molecular flexibility index (Phi) is 5.71. The van der Waals surface area contributed by atoms with Crippen LogP contribution >= 0.6 is 0 Å². The first kappa shape index (κ1) is 18.4. The Hall–Kier alpha value is -2.94. The largest absolute Gasteiger partial charge is 0.308 e. The van der Waals surface area contributed by atoms with E-state index in [1.54, 1.807) is 9.36 Å². The molecule has 0 bridgehead atoms. The number of aromatic nitrogens is 4. The van der Waals surface area contributed by atoms with Crippen LogP contribution in [0.15, 0.2) is 30.1 Å². The second-order valence-corrected chi connectivity index (χ2v) is 5.96. The monoisotopic (exact) mass is 336 g/mol. The van der Waals surface area contributed by atoms with Crippen LogP contribution in [0.4, 0.5) is 0 Å². The zero-order chi connectivity index (χ0) is 18.6. The number of rotatable bonds is 6. The second-order valence-electron chi connectivity index (χ2n) is 5.96. The van der Waals surface area contributed by atoms with Gasteiger partial charge in [0.25, 0.3) is 0 Å². The summed E-state index contributed by atoms with van der Waals surface area (Å²) in [6, 6.07) is 2.29. The number of hydrogen-bond donors (Lipinski definition) is 1. The fourth-order valence-electron chi connectivity index (χ4n) is 2.90. The Morgan fingerprint density at radius 2 is 2.16 bits per heavy atom. The summed E-state index contributed by atoms with van der Waals surface area (Å²) in [7, 11) is 3.73. The highest BCUT2D eigenvalue weighted by Gasteiger charge is 2.21. The van der Waals surface area contributed by atoms with Crippen molar-refractivity contribution in [2.75, 3.05) is 0 Å². The molecule has 2 rings (SSSR count). The van der Waals surface area contributed by atoms with E-state index in [4.69, 9.17) is 5.41 Å². The van der Waals surface area contributed by atoms with Gasteiger partial charge in [-0.15, -0.1) is 0 Å². The summed E-state index contributed by atoms with van der Waals surface area (Å²) in [6.45, 7) is 5.96. The van der Waals surface area contributed by atoms with Crippen LogP contribution < -0.4 is 0 Å². The molecule has 6 nitrogen and oxygen atoms in total. The fourth-order valence-corrected chi connectivity index (χ4v) is 2.90. The molecular weight excluding hydrogens is 312 g/mol. The summed E-state index contributed by atoms with van der Waals surface area (Å²) < 4.78 is 3.51. The van der Waals surface area contributed by atoms with Crippen LogP contribution in [0.2, 0.25) is 0 Å². The van der Waals surface area contributed by atoms with Gasteiger partial charge in [-0.3, -0.25) is 9.36 Å². The lowest BCUT2D eigenvalue weighted by Gasteiger charge is -2.13. The molecule has 0 fully saturated rings. The summed E-state index contributed by atoms with van der Waals surface area (Å²) in [5.41, 5.74) is 4.80. The van der Waals surface area contributed by atoms with E-state index in [1.165, 1.54) is 6.21 Å². The molecule has 0 radical (unpaired) electrons. The first-order chi connectivity index (χ1) is 12.0. The second kappa shape index (κ2) is 7.75. The Bertz CT molecular complexity index is 872. The molecule has 2 aromatic rings. The number of allylic oxidation sites excluding steroid dienone is 4. The van der Waals surface area contributed by atoms with Crippen molar-refractivity contribution in [2.45, 2.75) is 33.1 Å². The van der Waals surface area contributed by atoms with Gasteiger partial charge in [0.15, 0.2) is 0 Å². The van der Waals surface area contributed by atoms with E-state index in [2.05, 4.69) is 29.3 Å². The van der Waals surface area contributed by atoms with Gasteiger partial charge in [0, 0.05) is 38.0 Å². The summed E-state index contributed by atoms with van der Waals surface area (Å²) >= 11 is 0. The smallest absolute Gasteiger partial charge is 0.103 e. The van der Waals surface area contributed by atoms with Gasteiger partial charge in [0.1, 0.15) is 11.6 Å². The number of nitrogens with one attached hydrogen (secondary N) is 1. The average molecular weight is 336 g/mol. The molecule has 1 atom stereocenters. The van der Waals surface area contributed by atoms with E-state index in [0.717, 1.165) is 28.1 Å². The molecule has 2 aromatic heterocycles. The topological polar surface area (TPSA) is 83.3 Å². The van der Waals surface area contributed by atoms with Crippen molar-refractivity contribution < 1.29 is 0 Å². The van der Waals surface area contributed by atoms with Crippen molar-refractivity contribution in [1.29, 1.82) is 10.7 Å². The quantitative estimate of drug-likeness (QED) is 0.648. The first-order valence-electron chi connectivity index (χ1n) is 8.30. The maximum atomic E-state index is 9.65. The highest BCUT2D eigenvalue weighted by molar-refractivity contribution is 6.00. The highest BCUT2D eigenvalue weighted by atomic mass is 15.3. The Morgan fingerprint density at radius 1 is 1.44 bits per heavy atom. The number of aryl methyl sites for hydroxylation is 3. The van der Waals surface area contributed by atoms with Gasteiger partial charge in [-0.2, -0.15) is 15.5 Å². The molecule has 0 aliphatic carbocycles. The fraction of sp³-hybridized carbons (Fsp3) is 0.368. The number of nitrogens with zero attached hydrogens (tertiary/aromatic N) is 5. The van der Waals surface area contributed by atoms with E-state index in [9.17, 15) is 5.26 Å². The van der Waals surface area contributed by atoms with Crippen molar-refractivity contribution in [1.82, 2.24) is 19.6 Å². The summed E-state index contributed by atoms with van der Waals surface area (Å²) in [4.78, 5) is 0. The molecule has 0 aliphatic heterocycles. The number of nitriles is 1. The summed E-state index contributed by atoms with van der Waals surface area (Å²) in [5, 5.41) is 26.2. The third-order valence-corrected chi connectivity index (χ3v) is 4.27. The lowest BCUT2D eigenvalue weighted by Crippen LogP contribution is -2.03. The van der Waals surface area contributed by atoms with Crippen molar-refractivity contribution in [3.05, 3.63) is 52.6 Å². The Balaban J connectivity index is 2.67. The Labute approximate surface area is 148 Å². The molecule has 0 spiro atoms. The van der Waals surface area contributed by atoms with E-state index < -0.39 is 0 Å². The highest BCUT2D eigenvalue weighted by Crippen LogP contribution is 2.30. The van der Waals surface area contributed by atoms with Crippen molar-refractivity contribution in [3.8, 4) is 6.07 Å². The normalized spacial score (nSPS) is 13.6. The lowest BCUT2D eigenvalue weighted by atomic mass is 9.93. The third-order valence-electron chi connectivity index (χ3n) is 4.27. The van der Waals surface area contributed by atoms with Gasteiger partial charge in [0.05, 0.1) is 17.6 Å². The van der Waals surface area contributed by atoms with Crippen LogP contribution in [0, 0.1) is 16.7 Å². The van der Waals surface area contributed by atoms with Gasteiger partial charge in [0.2, 0.25) is 0 Å². The van der Waals surface area contributed by atoms with Gasteiger partial charge in [-0.25, -0.2) is 0 Å². The predicted molar refractivity (Wildman–Crippen MR) is 99.4 cm³/mol. The zero-order valence-electron chi connectivity index (χ0n) is 15.4. The van der Waals surface area contributed by atoms with Crippen molar-refractivity contribution in [3.63, 3.8) is 0 Å². The predicted octanol–water partition coefficient (Wildman–Crippen LogP) is 3.37. The van der Waals surface area contributed by atoms with Crippen LogP contribution in [-0.2, 0) is 20.5 Å². The molecule has 0 saturated carbocycles. The van der Waals surface area contributed by atoms with Crippen molar-refractivity contribution in [2.24, 2.45) is 14.1 Å². The molecule has 25 heavy (non-hydrogen) atoms. The first-order valence-corrected chi connectivity index (χ1v) is 8.30. The van der Waals surface area contributed by atoms with Gasteiger partial charge < -0.3 is 5.41 Å². The SMILES string of the molecule is C/C=C(C=N)/C(=C/[C@@H](C)c1cnn(C)c1)c1c(C#N)c(CC)nn1C. The van der Waals surface area contributed by atoms with Crippen LogP contribution in [0.5, 0.6) is 0 Å². The molecule has 1 N–H and O–H groups in total. The minimum atomic E-state index is 0.0881. The molecule has 2 heterocycles. The van der Waals surface area contributed by atoms with E-state index in [1.807, 2.05) is 46.4 Å². The van der Waals surface area contributed by atoms with Gasteiger partial charge in [-0.1, -0.05) is 26.0 Å². The average Bonchev–Trinajstić information content (AvgIpc) is 3.17. The zero-order valence-corrected chi connectivity index (χ0v) is 15.4. The van der Waals surface area contributed by atoms with Crippen LogP contribution in [0.3, 0.4) is 0 Å². The molecule has 0 amide bonds. The van der Waals surface area contributed by atoms with Crippen LogP contribution in [-0.4, -0.2) is 25.8 Å². The molecule has 0 aromatic carbocycles. The summed E-state index contributed by atoms with van der Waals surface area (Å²) in [6.07, 6.45) is 9.79. The maximum Gasteiger partial charge on any atom is 0.103 e. The van der Waals surface area contributed by atoms with E-state index in [0.29, 0.717) is 12.0 Å². The molecular formula is C19H24N6. The minimum Gasteiger partial charge on any atom is -0.308 e. The minimum absolute atomic E-state index is 0.0881. The van der Waals surface area contributed by atoms with Crippen molar-refractivity contribution >= 4 is 11.8 Å². The third kappa shape index (κ3) is 3.61. The number of hydrogen-bond acceptors (Lipinski definition) is 4.